The van der Waals surface area contributed by atoms with Crippen molar-refractivity contribution < 1.29 is 33.0 Å². The quantitative estimate of drug-likeness (QED) is 0.115. The van der Waals surface area contributed by atoms with Crippen LogP contribution in [0, 0.1) is 11.3 Å². The summed E-state index contributed by atoms with van der Waals surface area (Å²) in [6.45, 7) is 2.16. The summed E-state index contributed by atoms with van der Waals surface area (Å²) in [6.07, 6.45) is 2.40. The van der Waals surface area contributed by atoms with Gasteiger partial charge in [0.15, 0.2) is 5.41 Å². The maximum absolute atomic E-state index is 13.7. The van der Waals surface area contributed by atoms with Gasteiger partial charge in [0.25, 0.3) is 0 Å². The van der Waals surface area contributed by atoms with Crippen molar-refractivity contribution in [2.24, 2.45) is 11.3 Å². The zero-order valence-electron chi connectivity index (χ0n) is 27.1. The van der Waals surface area contributed by atoms with Gasteiger partial charge in [-0.3, -0.25) is 9.59 Å². The zero-order valence-corrected chi connectivity index (χ0v) is 27.1. The average molecular weight is 633 g/mol. The first-order valence-electron chi connectivity index (χ1n) is 16.2. The van der Waals surface area contributed by atoms with Crippen molar-refractivity contribution >= 4 is 28.9 Å². The number of benzene rings is 3. The Balaban J connectivity index is 1.71. The van der Waals surface area contributed by atoms with Crippen molar-refractivity contribution in [2.45, 2.75) is 51.6 Å². The number of methoxy groups -OCH3 is 2. The molecule has 4 aromatic rings. The van der Waals surface area contributed by atoms with Crippen LogP contribution in [0.15, 0.2) is 95.4 Å². The number of ether oxygens (including phenoxy) is 3. The summed E-state index contributed by atoms with van der Waals surface area (Å²) in [4.78, 5) is 39.8. The first kappa shape index (κ1) is 32.2. The van der Waals surface area contributed by atoms with Gasteiger partial charge in [0.2, 0.25) is 0 Å². The van der Waals surface area contributed by atoms with Crippen LogP contribution in [-0.2, 0) is 35.0 Å². The van der Waals surface area contributed by atoms with Gasteiger partial charge in [-0.25, -0.2) is 0 Å². The molecule has 7 nitrogen and oxygen atoms in total. The van der Waals surface area contributed by atoms with Crippen LogP contribution < -0.4 is 0 Å². The molecule has 2 aliphatic rings. The number of Topliss-reactive ketones (excluding diaryl/α,β-unsaturated/α-hetero) is 1. The fourth-order valence-corrected chi connectivity index (χ4v) is 6.65. The van der Waals surface area contributed by atoms with Crippen LogP contribution in [0.3, 0.4) is 0 Å². The predicted octanol–water partition coefficient (Wildman–Crippen LogP) is 8.02. The van der Waals surface area contributed by atoms with Crippen LogP contribution in [0.5, 0.6) is 0 Å². The van der Waals surface area contributed by atoms with Crippen LogP contribution in [0.1, 0.15) is 73.1 Å². The normalized spacial score (nSPS) is 16.9. The molecular weight excluding hydrogens is 592 g/mol. The van der Waals surface area contributed by atoms with Gasteiger partial charge in [0.1, 0.15) is 23.4 Å². The van der Waals surface area contributed by atoms with E-state index < -0.39 is 23.5 Å². The highest BCUT2D eigenvalue weighted by Crippen LogP contribution is 2.54. The number of ketones is 1. The van der Waals surface area contributed by atoms with Crippen molar-refractivity contribution in [1.29, 1.82) is 0 Å². The smallest absolute Gasteiger partial charge is 0.324 e. The van der Waals surface area contributed by atoms with Gasteiger partial charge in [-0.05, 0) is 54.4 Å². The Morgan fingerprint density at radius 1 is 0.809 bits per heavy atom. The number of carbonyl (C=O) groups is 3. The third-order valence-electron chi connectivity index (χ3n) is 9.22. The highest BCUT2D eigenvalue weighted by Gasteiger charge is 2.55. The lowest BCUT2D eigenvalue weighted by Crippen LogP contribution is -2.45. The SMILES string of the molecule is COC(=O)C1(C(=O)OC)C/C(=C(/CCC(C)=O)c2ccccc2)c2c(oc(-c3ccccc3)c2C(OCC2CC2)c2ccccc2)C1. The first-order valence-corrected chi connectivity index (χ1v) is 16.2. The summed E-state index contributed by atoms with van der Waals surface area (Å²) in [7, 11) is 2.56. The zero-order chi connectivity index (χ0) is 33.0. The summed E-state index contributed by atoms with van der Waals surface area (Å²) < 4.78 is 24.2. The molecule has 47 heavy (non-hydrogen) atoms. The summed E-state index contributed by atoms with van der Waals surface area (Å²) in [6, 6.07) is 29.7. The van der Waals surface area contributed by atoms with Gasteiger partial charge in [0.05, 0.1) is 20.8 Å². The predicted molar refractivity (Wildman–Crippen MR) is 179 cm³/mol. The number of fused-ring (bicyclic) bond motifs is 1. The molecule has 1 aromatic heterocycles. The van der Waals surface area contributed by atoms with Crippen LogP contribution in [0.2, 0.25) is 0 Å². The largest absolute Gasteiger partial charge is 0.468 e. The van der Waals surface area contributed by atoms with E-state index >= 15 is 0 Å². The Labute approximate surface area is 275 Å². The van der Waals surface area contributed by atoms with Crippen molar-refractivity contribution in [3.05, 3.63) is 119 Å². The monoisotopic (exact) mass is 632 g/mol. The van der Waals surface area contributed by atoms with E-state index in [-0.39, 0.29) is 25.0 Å². The minimum Gasteiger partial charge on any atom is -0.468 e. The molecule has 1 heterocycles. The Bertz CT molecular complexity index is 1750. The molecule has 0 saturated heterocycles. The van der Waals surface area contributed by atoms with Crippen molar-refractivity contribution in [3.63, 3.8) is 0 Å². The van der Waals surface area contributed by atoms with E-state index in [1.165, 1.54) is 14.2 Å². The topological polar surface area (TPSA) is 92.0 Å². The van der Waals surface area contributed by atoms with Crippen LogP contribution in [0.25, 0.3) is 22.5 Å². The molecule has 0 aliphatic heterocycles. The van der Waals surface area contributed by atoms with E-state index in [9.17, 15) is 14.4 Å². The molecule has 0 amide bonds. The second-order valence-electron chi connectivity index (χ2n) is 12.5. The minimum atomic E-state index is -1.69. The Kier molecular flexibility index (Phi) is 9.55. The molecule has 0 spiro atoms. The molecule has 0 bridgehead atoms. The third-order valence-corrected chi connectivity index (χ3v) is 9.22. The van der Waals surface area contributed by atoms with E-state index in [0.717, 1.165) is 51.8 Å². The molecule has 1 unspecified atom stereocenters. The summed E-state index contributed by atoms with van der Waals surface area (Å²) in [5.41, 5.74) is 4.26. The van der Waals surface area contributed by atoms with Gasteiger partial charge in [-0.2, -0.15) is 0 Å². The molecule has 2 aliphatic carbocycles. The van der Waals surface area contributed by atoms with E-state index in [4.69, 9.17) is 18.6 Å². The van der Waals surface area contributed by atoms with Crippen molar-refractivity contribution in [3.8, 4) is 11.3 Å². The lowest BCUT2D eigenvalue weighted by molar-refractivity contribution is -0.169. The van der Waals surface area contributed by atoms with Crippen LogP contribution >= 0.6 is 0 Å². The minimum absolute atomic E-state index is 0.00633. The summed E-state index contributed by atoms with van der Waals surface area (Å²) >= 11 is 0. The highest BCUT2D eigenvalue weighted by molar-refractivity contribution is 6.06. The summed E-state index contributed by atoms with van der Waals surface area (Å²) in [5.74, 6) is 0.228. The molecule has 0 radical (unpaired) electrons. The molecule has 242 valence electrons. The number of furan rings is 1. The maximum Gasteiger partial charge on any atom is 0.324 e. The van der Waals surface area contributed by atoms with Gasteiger partial charge in [0, 0.05) is 36.0 Å². The van der Waals surface area contributed by atoms with Gasteiger partial charge in [-0.1, -0.05) is 91.0 Å². The van der Waals surface area contributed by atoms with Gasteiger partial charge in [-0.15, -0.1) is 0 Å². The molecule has 1 saturated carbocycles. The number of hydrogen-bond donors (Lipinski definition) is 0. The fraction of sp³-hybridized carbons (Fsp3) is 0.325. The Morgan fingerprint density at radius 3 is 1.98 bits per heavy atom. The molecule has 0 N–H and O–H groups in total. The number of hydrogen-bond acceptors (Lipinski definition) is 7. The van der Waals surface area contributed by atoms with E-state index in [1.807, 2.05) is 78.9 Å². The van der Waals surface area contributed by atoms with Crippen molar-refractivity contribution in [2.75, 3.05) is 20.8 Å². The molecule has 7 heteroatoms. The number of carbonyl (C=O) groups excluding carboxylic acids is 3. The molecule has 1 atom stereocenters. The second kappa shape index (κ2) is 13.9. The van der Waals surface area contributed by atoms with Gasteiger partial charge < -0.3 is 23.4 Å². The van der Waals surface area contributed by atoms with E-state index in [1.54, 1.807) is 6.92 Å². The maximum atomic E-state index is 13.7. The number of allylic oxidation sites excluding steroid dienone is 2. The van der Waals surface area contributed by atoms with Crippen LogP contribution in [0.4, 0.5) is 0 Å². The standard InChI is InChI=1S/C40H40O7/c1-26(41)19-22-31(28-13-7-4-8-14-28)32-23-40(38(42)44-2,39(43)45-3)24-33-34(32)35(37(47-33)30-17-11-6-12-18-30)36(46-25-27-20-21-27)29-15-9-5-10-16-29/h4-18,27,36H,19-25H2,1-3H3/b32-31+. The molecule has 3 aromatic carbocycles. The van der Waals surface area contributed by atoms with E-state index in [2.05, 4.69) is 12.1 Å². The lowest BCUT2D eigenvalue weighted by Gasteiger charge is -2.34. The Morgan fingerprint density at radius 2 is 1.40 bits per heavy atom. The first-order chi connectivity index (χ1) is 22.9. The molecular formula is C40H40O7. The average Bonchev–Trinajstić information content (AvgIpc) is 3.87. The van der Waals surface area contributed by atoms with E-state index in [0.29, 0.717) is 30.5 Å². The Hall–Kier alpha value is -4.75. The molecule has 6 rings (SSSR count). The lowest BCUT2D eigenvalue weighted by atomic mass is 9.68. The summed E-state index contributed by atoms with van der Waals surface area (Å²) in [5, 5.41) is 0. The number of esters is 2. The third kappa shape index (κ3) is 6.58. The van der Waals surface area contributed by atoms with Gasteiger partial charge >= 0.3 is 11.9 Å². The van der Waals surface area contributed by atoms with Crippen molar-refractivity contribution in [1.82, 2.24) is 0 Å². The highest BCUT2D eigenvalue weighted by atomic mass is 16.5. The fourth-order valence-electron chi connectivity index (χ4n) is 6.65. The molecule has 1 fully saturated rings. The van der Waals surface area contributed by atoms with Crippen LogP contribution in [-0.4, -0.2) is 38.5 Å². The second-order valence-corrected chi connectivity index (χ2v) is 12.5. The number of rotatable bonds is 12.